The fourth-order valence-corrected chi connectivity index (χ4v) is 2.86. The molecule has 4 heteroatoms. The van der Waals surface area contributed by atoms with Gasteiger partial charge in [0.25, 0.3) is 11.8 Å². The Morgan fingerprint density at radius 2 is 1.50 bits per heavy atom. The molecule has 0 saturated heterocycles. The number of carbonyl (C=O) groups is 3. The number of rotatable bonds is 6. The molecule has 2 amide bonds. The Kier molecular flexibility index (Phi) is 4.56. The number of hydrogen-bond donors (Lipinski definition) is 0. The summed E-state index contributed by atoms with van der Waals surface area (Å²) in [5.41, 5.74) is 2.44. The van der Waals surface area contributed by atoms with E-state index in [1.165, 1.54) is 5.56 Å². The molecule has 2 aromatic rings. The number of carbonyl (C=O) groups excluding carboxylic acids is 3. The molecule has 0 saturated carbocycles. The first-order valence-corrected chi connectivity index (χ1v) is 8.19. The molecule has 122 valence electrons. The predicted molar refractivity (Wildman–Crippen MR) is 91.2 cm³/mol. The summed E-state index contributed by atoms with van der Waals surface area (Å²) < 4.78 is 0. The summed E-state index contributed by atoms with van der Waals surface area (Å²) in [4.78, 5) is 38.0. The van der Waals surface area contributed by atoms with Crippen molar-refractivity contribution in [3.63, 3.8) is 0 Å². The molecule has 4 nitrogen and oxygen atoms in total. The average molecular weight is 321 g/mol. The summed E-state index contributed by atoms with van der Waals surface area (Å²) in [7, 11) is 0. The molecular formula is C20H19NO3. The van der Waals surface area contributed by atoms with Gasteiger partial charge >= 0.3 is 0 Å². The first kappa shape index (κ1) is 16.1. The van der Waals surface area contributed by atoms with Crippen LogP contribution in [0.3, 0.4) is 0 Å². The van der Waals surface area contributed by atoms with Crippen molar-refractivity contribution >= 4 is 17.6 Å². The molecule has 2 aromatic carbocycles. The van der Waals surface area contributed by atoms with Gasteiger partial charge in [0.2, 0.25) is 0 Å². The van der Waals surface area contributed by atoms with Crippen LogP contribution >= 0.6 is 0 Å². The van der Waals surface area contributed by atoms with E-state index >= 15 is 0 Å². The number of unbranched alkanes of at least 4 members (excludes halogenated alkanes) is 1. The largest absolute Gasteiger partial charge is 0.292 e. The van der Waals surface area contributed by atoms with Crippen molar-refractivity contribution in [2.24, 2.45) is 0 Å². The number of ketones is 1. The van der Waals surface area contributed by atoms with Gasteiger partial charge in [0, 0.05) is 5.56 Å². The average Bonchev–Trinajstić information content (AvgIpc) is 2.85. The molecule has 0 aromatic heterocycles. The summed E-state index contributed by atoms with van der Waals surface area (Å²) in [5.74, 6) is -1.03. The maximum Gasteiger partial charge on any atom is 0.261 e. The minimum absolute atomic E-state index is 0.222. The van der Waals surface area contributed by atoms with Crippen LogP contribution in [-0.4, -0.2) is 29.0 Å². The second-order valence-electron chi connectivity index (χ2n) is 5.97. The standard InChI is InChI=1S/C20H19NO3/c1-2-3-6-14-9-11-15(12-10-14)18(22)13-21-19(23)16-7-4-5-8-17(16)20(21)24/h4-5,7-12H,2-3,6,13H2,1H3. The molecule has 1 heterocycles. The monoisotopic (exact) mass is 321 g/mol. The number of imide groups is 1. The van der Waals surface area contributed by atoms with Gasteiger partial charge in [-0.3, -0.25) is 19.3 Å². The zero-order valence-electron chi connectivity index (χ0n) is 13.6. The minimum atomic E-state index is -0.400. The molecule has 0 atom stereocenters. The van der Waals surface area contributed by atoms with Gasteiger partial charge in [0.15, 0.2) is 5.78 Å². The molecule has 0 aliphatic carbocycles. The van der Waals surface area contributed by atoms with Crippen LogP contribution in [0.1, 0.15) is 56.4 Å². The molecule has 0 spiro atoms. The topological polar surface area (TPSA) is 54.5 Å². The van der Waals surface area contributed by atoms with Gasteiger partial charge in [-0.05, 0) is 30.5 Å². The van der Waals surface area contributed by atoms with E-state index in [2.05, 4.69) is 6.92 Å². The van der Waals surface area contributed by atoms with E-state index in [1.54, 1.807) is 36.4 Å². The number of hydrogen-bond acceptors (Lipinski definition) is 3. The van der Waals surface area contributed by atoms with Crippen LogP contribution in [0.4, 0.5) is 0 Å². The van der Waals surface area contributed by atoms with Crippen molar-refractivity contribution in [1.29, 1.82) is 0 Å². The van der Waals surface area contributed by atoms with E-state index in [0.29, 0.717) is 16.7 Å². The summed E-state index contributed by atoms with van der Waals surface area (Å²) in [6.45, 7) is 1.92. The van der Waals surface area contributed by atoms with Crippen molar-refractivity contribution in [2.45, 2.75) is 26.2 Å². The van der Waals surface area contributed by atoms with Gasteiger partial charge in [-0.15, -0.1) is 0 Å². The molecule has 1 aliphatic rings. The third kappa shape index (κ3) is 3.00. The normalized spacial score (nSPS) is 13.3. The second-order valence-corrected chi connectivity index (χ2v) is 5.97. The third-order valence-corrected chi connectivity index (χ3v) is 4.27. The lowest BCUT2D eigenvalue weighted by Gasteiger charge is -2.13. The molecule has 0 bridgehead atoms. The second kappa shape index (κ2) is 6.79. The predicted octanol–water partition coefficient (Wildman–Crippen LogP) is 3.51. The van der Waals surface area contributed by atoms with Crippen molar-refractivity contribution in [2.75, 3.05) is 6.54 Å². The Morgan fingerprint density at radius 1 is 0.917 bits per heavy atom. The van der Waals surface area contributed by atoms with Gasteiger partial charge in [-0.1, -0.05) is 49.7 Å². The molecule has 0 unspecified atom stereocenters. The van der Waals surface area contributed by atoms with Crippen molar-refractivity contribution in [3.8, 4) is 0 Å². The highest BCUT2D eigenvalue weighted by Gasteiger charge is 2.36. The highest BCUT2D eigenvalue weighted by Crippen LogP contribution is 2.22. The highest BCUT2D eigenvalue weighted by molar-refractivity contribution is 6.23. The van der Waals surface area contributed by atoms with Crippen LogP contribution < -0.4 is 0 Å². The molecule has 0 N–H and O–H groups in total. The molecule has 0 radical (unpaired) electrons. The zero-order chi connectivity index (χ0) is 17.1. The fourth-order valence-electron chi connectivity index (χ4n) is 2.86. The molecule has 3 rings (SSSR count). The lowest BCUT2D eigenvalue weighted by atomic mass is 10.0. The van der Waals surface area contributed by atoms with E-state index in [4.69, 9.17) is 0 Å². The number of fused-ring (bicyclic) bond motifs is 1. The minimum Gasteiger partial charge on any atom is -0.292 e. The Balaban J connectivity index is 1.72. The van der Waals surface area contributed by atoms with Crippen LogP contribution in [0.25, 0.3) is 0 Å². The number of Topliss-reactive ketones (excluding diaryl/α,β-unsaturated/α-hetero) is 1. The van der Waals surface area contributed by atoms with E-state index in [-0.39, 0.29) is 12.3 Å². The van der Waals surface area contributed by atoms with Crippen molar-refractivity contribution < 1.29 is 14.4 Å². The zero-order valence-corrected chi connectivity index (χ0v) is 13.6. The maximum absolute atomic E-state index is 12.4. The summed E-state index contributed by atoms with van der Waals surface area (Å²) in [5, 5.41) is 0. The van der Waals surface area contributed by atoms with Gasteiger partial charge in [-0.25, -0.2) is 0 Å². The van der Waals surface area contributed by atoms with E-state index in [0.717, 1.165) is 24.2 Å². The SMILES string of the molecule is CCCCc1ccc(C(=O)CN2C(=O)c3ccccc3C2=O)cc1. The lowest BCUT2D eigenvalue weighted by molar-refractivity contribution is 0.0624. The van der Waals surface area contributed by atoms with Gasteiger partial charge in [0.1, 0.15) is 0 Å². The van der Waals surface area contributed by atoms with E-state index in [9.17, 15) is 14.4 Å². The van der Waals surface area contributed by atoms with Crippen molar-refractivity contribution in [1.82, 2.24) is 4.90 Å². The quantitative estimate of drug-likeness (QED) is 0.604. The highest BCUT2D eigenvalue weighted by atomic mass is 16.2. The summed E-state index contributed by atoms with van der Waals surface area (Å²) in [6.07, 6.45) is 3.23. The first-order chi connectivity index (χ1) is 11.6. The Labute approximate surface area is 141 Å². The molecule has 1 aliphatic heterocycles. The van der Waals surface area contributed by atoms with Gasteiger partial charge < -0.3 is 0 Å². The summed E-state index contributed by atoms with van der Waals surface area (Å²) >= 11 is 0. The van der Waals surface area contributed by atoms with Crippen LogP contribution in [0, 0.1) is 0 Å². The van der Waals surface area contributed by atoms with Crippen LogP contribution in [0.15, 0.2) is 48.5 Å². The third-order valence-electron chi connectivity index (χ3n) is 4.27. The van der Waals surface area contributed by atoms with Gasteiger partial charge in [-0.2, -0.15) is 0 Å². The van der Waals surface area contributed by atoms with E-state index in [1.807, 2.05) is 12.1 Å². The lowest BCUT2D eigenvalue weighted by Crippen LogP contribution is -2.34. The van der Waals surface area contributed by atoms with Crippen LogP contribution in [0.5, 0.6) is 0 Å². The van der Waals surface area contributed by atoms with Crippen molar-refractivity contribution in [3.05, 3.63) is 70.8 Å². The van der Waals surface area contributed by atoms with E-state index < -0.39 is 11.8 Å². The Hall–Kier alpha value is -2.75. The Bertz CT molecular complexity index is 758. The number of benzene rings is 2. The van der Waals surface area contributed by atoms with Crippen LogP contribution in [0.2, 0.25) is 0 Å². The smallest absolute Gasteiger partial charge is 0.261 e. The molecule has 24 heavy (non-hydrogen) atoms. The van der Waals surface area contributed by atoms with Crippen LogP contribution in [-0.2, 0) is 6.42 Å². The maximum atomic E-state index is 12.4. The first-order valence-electron chi connectivity index (χ1n) is 8.19. The fraction of sp³-hybridized carbons (Fsp3) is 0.250. The Morgan fingerprint density at radius 3 is 2.04 bits per heavy atom. The number of amides is 2. The van der Waals surface area contributed by atoms with Gasteiger partial charge in [0.05, 0.1) is 17.7 Å². The number of aryl methyl sites for hydroxylation is 1. The number of nitrogens with zero attached hydrogens (tertiary/aromatic N) is 1. The molecular weight excluding hydrogens is 302 g/mol. The summed E-state index contributed by atoms with van der Waals surface area (Å²) in [6, 6.07) is 14.1. The molecule has 0 fully saturated rings.